The van der Waals surface area contributed by atoms with Crippen LogP contribution in [0.25, 0.3) is 0 Å². The highest BCUT2D eigenvalue weighted by molar-refractivity contribution is 6.36. The second-order valence-corrected chi connectivity index (χ2v) is 4.81. The Labute approximate surface area is 110 Å². The minimum Gasteiger partial charge on any atom is -0.368 e. The van der Waals surface area contributed by atoms with Crippen LogP contribution < -0.4 is 5.32 Å². The molecule has 0 radical (unpaired) electrons. The lowest BCUT2D eigenvalue weighted by molar-refractivity contribution is -0.129. The molecule has 2 rings (SSSR count). The van der Waals surface area contributed by atoms with Gasteiger partial charge in [-0.3, -0.25) is 4.79 Å². The van der Waals surface area contributed by atoms with Crippen molar-refractivity contribution in [3.63, 3.8) is 0 Å². The van der Waals surface area contributed by atoms with Crippen LogP contribution in [0.15, 0.2) is 18.2 Å². The van der Waals surface area contributed by atoms with Gasteiger partial charge in [0.25, 0.3) is 5.91 Å². The predicted octanol–water partition coefficient (Wildman–Crippen LogP) is 3.50. The molecule has 1 atom stereocenters. The maximum Gasteiger partial charge on any atom is 0.253 e. The quantitative estimate of drug-likeness (QED) is 0.896. The van der Waals surface area contributed by atoms with Gasteiger partial charge in [0.05, 0.1) is 10.7 Å². The van der Waals surface area contributed by atoms with E-state index in [2.05, 4.69) is 5.32 Å². The number of ether oxygens (including phenoxy) is 1. The fourth-order valence-electron chi connectivity index (χ4n) is 1.75. The number of carbonyl (C=O) groups excluding carboxylic acids is 1. The first kappa shape index (κ1) is 12.7. The number of benzene rings is 1. The average Bonchev–Trinajstić information content (AvgIpc) is 2.34. The number of rotatable bonds is 2. The molecule has 0 aromatic heterocycles. The number of nitrogens with one attached hydrogen (secondary N) is 1. The lowest BCUT2D eigenvalue weighted by Gasteiger charge is -2.21. The molecule has 1 aromatic rings. The van der Waals surface area contributed by atoms with Crippen molar-refractivity contribution in [3.8, 4) is 0 Å². The van der Waals surface area contributed by atoms with E-state index in [1.807, 2.05) is 0 Å². The Morgan fingerprint density at radius 1 is 1.35 bits per heavy atom. The van der Waals surface area contributed by atoms with E-state index in [0.717, 1.165) is 19.3 Å². The van der Waals surface area contributed by atoms with Crippen LogP contribution in [-0.2, 0) is 9.53 Å². The minimum absolute atomic E-state index is 0.145. The molecule has 0 aliphatic carbocycles. The van der Waals surface area contributed by atoms with Crippen molar-refractivity contribution in [1.82, 2.24) is 0 Å². The smallest absolute Gasteiger partial charge is 0.253 e. The molecule has 5 heteroatoms. The highest BCUT2D eigenvalue weighted by Crippen LogP contribution is 2.26. The third kappa shape index (κ3) is 3.35. The standard InChI is InChI=1S/C12H13Cl2NO2/c13-8-4-5-10(9(14)7-8)15-12(16)11-3-1-2-6-17-11/h4-5,7,11H,1-3,6H2,(H,15,16). The Bertz CT molecular complexity index is 417. The van der Waals surface area contributed by atoms with E-state index in [9.17, 15) is 4.79 Å². The van der Waals surface area contributed by atoms with Crippen molar-refractivity contribution in [3.05, 3.63) is 28.2 Å². The van der Waals surface area contributed by atoms with E-state index in [-0.39, 0.29) is 12.0 Å². The van der Waals surface area contributed by atoms with E-state index in [4.69, 9.17) is 27.9 Å². The van der Waals surface area contributed by atoms with Gasteiger partial charge < -0.3 is 10.1 Å². The fourth-order valence-corrected chi connectivity index (χ4v) is 2.21. The normalized spacial score (nSPS) is 20.0. The maximum absolute atomic E-state index is 11.9. The number of hydrogen-bond acceptors (Lipinski definition) is 2. The molecular weight excluding hydrogens is 261 g/mol. The number of carbonyl (C=O) groups is 1. The molecule has 3 nitrogen and oxygen atoms in total. The monoisotopic (exact) mass is 273 g/mol. The van der Waals surface area contributed by atoms with Gasteiger partial charge in [-0.2, -0.15) is 0 Å². The van der Waals surface area contributed by atoms with Crippen LogP contribution >= 0.6 is 23.2 Å². The Hall–Kier alpha value is -0.770. The lowest BCUT2D eigenvalue weighted by atomic mass is 10.1. The third-order valence-electron chi connectivity index (χ3n) is 2.66. The molecule has 1 aromatic carbocycles. The molecule has 1 N–H and O–H groups in total. The molecule has 1 unspecified atom stereocenters. The minimum atomic E-state index is -0.365. The van der Waals surface area contributed by atoms with Crippen molar-refractivity contribution in [1.29, 1.82) is 0 Å². The molecule has 92 valence electrons. The highest BCUT2D eigenvalue weighted by atomic mass is 35.5. The van der Waals surface area contributed by atoms with Crippen molar-refractivity contribution < 1.29 is 9.53 Å². The van der Waals surface area contributed by atoms with Gasteiger partial charge in [0.1, 0.15) is 6.10 Å². The second-order valence-electron chi connectivity index (χ2n) is 3.97. The van der Waals surface area contributed by atoms with Gasteiger partial charge in [-0.1, -0.05) is 23.2 Å². The van der Waals surface area contributed by atoms with Crippen LogP contribution in [0.1, 0.15) is 19.3 Å². The summed E-state index contributed by atoms with van der Waals surface area (Å²) in [6.07, 6.45) is 2.44. The summed E-state index contributed by atoms with van der Waals surface area (Å²) in [4.78, 5) is 11.9. The van der Waals surface area contributed by atoms with Crippen LogP contribution in [0.4, 0.5) is 5.69 Å². The molecule has 1 aliphatic heterocycles. The van der Waals surface area contributed by atoms with Gasteiger partial charge in [-0.25, -0.2) is 0 Å². The summed E-state index contributed by atoms with van der Waals surface area (Å²) in [5.41, 5.74) is 0.565. The SMILES string of the molecule is O=C(Nc1ccc(Cl)cc1Cl)C1CCCCO1. The summed E-state index contributed by atoms with van der Waals surface area (Å²) in [5.74, 6) is -0.145. The molecular formula is C12H13Cl2NO2. The van der Waals surface area contributed by atoms with Crippen molar-refractivity contribution in [2.75, 3.05) is 11.9 Å². The zero-order valence-electron chi connectivity index (χ0n) is 9.21. The molecule has 0 bridgehead atoms. The number of amides is 1. The zero-order chi connectivity index (χ0) is 12.3. The largest absolute Gasteiger partial charge is 0.368 e. The van der Waals surface area contributed by atoms with Gasteiger partial charge in [-0.05, 0) is 37.5 Å². The summed E-state index contributed by atoms with van der Waals surface area (Å²) in [5, 5.41) is 3.73. The summed E-state index contributed by atoms with van der Waals surface area (Å²) < 4.78 is 5.39. The molecule has 1 amide bonds. The van der Waals surface area contributed by atoms with Crippen molar-refractivity contribution in [2.24, 2.45) is 0 Å². The zero-order valence-corrected chi connectivity index (χ0v) is 10.7. The summed E-state index contributed by atoms with van der Waals surface area (Å²) in [7, 11) is 0. The van der Waals surface area contributed by atoms with E-state index in [1.165, 1.54) is 0 Å². The molecule has 1 saturated heterocycles. The Morgan fingerprint density at radius 3 is 2.82 bits per heavy atom. The molecule has 1 fully saturated rings. The number of halogens is 2. The lowest BCUT2D eigenvalue weighted by Crippen LogP contribution is -2.33. The van der Waals surface area contributed by atoms with Gasteiger partial charge in [-0.15, -0.1) is 0 Å². The van der Waals surface area contributed by atoms with Crippen molar-refractivity contribution >= 4 is 34.8 Å². The topological polar surface area (TPSA) is 38.3 Å². The van der Waals surface area contributed by atoms with Crippen molar-refractivity contribution in [2.45, 2.75) is 25.4 Å². The first-order valence-corrected chi connectivity index (χ1v) is 6.30. The van der Waals surface area contributed by atoms with E-state index < -0.39 is 0 Å². The van der Waals surface area contributed by atoms with E-state index in [0.29, 0.717) is 22.3 Å². The number of hydrogen-bond donors (Lipinski definition) is 1. The fraction of sp³-hybridized carbons (Fsp3) is 0.417. The van der Waals surface area contributed by atoms with Crippen LogP contribution in [0, 0.1) is 0 Å². The second kappa shape index (κ2) is 5.71. The molecule has 1 heterocycles. The highest BCUT2D eigenvalue weighted by Gasteiger charge is 2.22. The first-order valence-electron chi connectivity index (χ1n) is 5.54. The molecule has 1 aliphatic rings. The van der Waals surface area contributed by atoms with Crippen LogP contribution in [0.3, 0.4) is 0 Å². The van der Waals surface area contributed by atoms with E-state index >= 15 is 0 Å². The average molecular weight is 274 g/mol. The Morgan fingerprint density at radius 2 is 2.18 bits per heavy atom. The maximum atomic E-state index is 11.9. The van der Waals surface area contributed by atoms with Gasteiger partial charge in [0.2, 0.25) is 0 Å². The first-order chi connectivity index (χ1) is 8.16. The van der Waals surface area contributed by atoms with Gasteiger partial charge in [0.15, 0.2) is 0 Å². The van der Waals surface area contributed by atoms with Crippen LogP contribution in [0.5, 0.6) is 0 Å². The Balaban J connectivity index is 2.02. The molecule has 0 saturated carbocycles. The summed E-state index contributed by atoms with van der Waals surface area (Å²) in [6.45, 7) is 0.645. The summed E-state index contributed by atoms with van der Waals surface area (Å²) in [6, 6.07) is 4.97. The Kier molecular flexibility index (Phi) is 4.26. The van der Waals surface area contributed by atoms with Crippen LogP contribution in [0.2, 0.25) is 10.0 Å². The van der Waals surface area contributed by atoms with Crippen LogP contribution in [-0.4, -0.2) is 18.6 Å². The third-order valence-corrected chi connectivity index (χ3v) is 3.21. The number of anilines is 1. The predicted molar refractivity (Wildman–Crippen MR) is 68.7 cm³/mol. The van der Waals surface area contributed by atoms with Gasteiger partial charge >= 0.3 is 0 Å². The van der Waals surface area contributed by atoms with Gasteiger partial charge in [0, 0.05) is 11.6 Å². The molecule has 0 spiro atoms. The molecule has 17 heavy (non-hydrogen) atoms. The van der Waals surface area contributed by atoms with E-state index in [1.54, 1.807) is 18.2 Å². The summed E-state index contributed by atoms with van der Waals surface area (Å²) >= 11 is 11.8.